The van der Waals surface area contributed by atoms with Gasteiger partial charge in [0, 0.05) is 18.7 Å². The van der Waals surface area contributed by atoms with Crippen molar-refractivity contribution in [3.8, 4) is 17.2 Å². The maximum absolute atomic E-state index is 12.1. The first-order chi connectivity index (χ1) is 9.53. The summed E-state index contributed by atoms with van der Waals surface area (Å²) in [6, 6.07) is 3.26. The molecule has 0 atom stereocenters. The zero-order valence-corrected chi connectivity index (χ0v) is 13.9. The van der Waals surface area contributed by atoms with E-state index < -0.39 is 0 Å². The van der Waals surface area contributed by atoms with E-state index >= 15 is 0 Å². The summed E-state index contributed by atoms with van der Waals surface area (Å²) in [5.41, 5.74) is 0.471. The average molecular weight is 319 g/mol. The molecule has 0 fully saturated rings. The molecule has 0 spiro atoms. The highest BCUT2D eigenvalue weighted by atomic mass is 35.5. The Balaban J connectivity index is 0.00000400. The molecule has 1 aromatic rings. The van der Waals surface area contributed by atoms with Crippen molar-refractivity contribution in [1.82, 2.24) is 10.2 Å². The molecule has 1 aromatic carbocycles. The molecule has 21 heavy (non-hydrogen) atoms. The fourth-order valence-electron chi connectivity index (χ4n) is 1.71. The number of carbonyl (C=O) groups is 1. The lowest BCUT2D eigenvalue weighted by atomic mass is 10.1. The van der Waals surface area contributed by atoms with Crippen LogP contribution in [0.3, 0.4) is 0 Å². The largest absolute Gasteiger partial charge is 0.493 e. The highest BCUT2D eigenvalue weighted by Crippen LogP contribution is 2.38. The summed E-state index contributed by atoms with van der Waals surface area (Å²) in [6.07, 6.45) is 0. The summed E-state index contributed by atoms with van der Waals surface area (Å²) in [7, 11) is 8.46. The van der Waals surface area contributed by atoms with E-state index in [1.807, 2.05) is 19.0 Å². The molecule has 0 bridgehead atoms. The summed E-state index contributed by atoms with van der Waals surface area (Å²) in [5, 5.41) is 2.84. The van der Waals surface area contributed by atoms with Crippen molar-refractivity contribution in [1.29, 1.82) is 0 Å². The Bertz CT molecular complexity index is 441. The molecule has 0 radical (unpaired) electrons. The number of likely N-dealkylation sites (N-methyl/N-ethyl adjacent to an activating group) is 1. The van der Waals surface area contributed by atoms with Crippen molar-refractivity contribution in [2.24, 2.45) is 0 Å². The summed E-state index contributed by atoms with van der Waals surface area (Å²) in [4.78, 5) is 14.1. The monoisotopic (exact) mass is 318 g/mol. The third-order valence-corrected chi connectivity index (χ3v) is 2.77. The van der Waals surface area contributed by atoms with Crippen molar-refractivity contribution in [2.45, 2.75) is 0 Å². The number of hydrogen-bond donors (Lipinski definition) is 1. The molecule has 6 nitrogen and oxygen atoms in total. The van der Waals surface area contributed by atoms with Gasteiger partial charge in [-0.05, 0) is 26.2 Å². The third kappa shape index (κ3) is 5.32. The fraction of sp³-hybridized carbons (Fsp3) is 0.500. The van der Waals surface area contributed by atoms with Gasteiger partial charge in [-0.15, -0.1) is 12.4 Å². The lowest BCUT2D eigenvalue weighted by Gasteiger charge is -2.14. The van der Waals surface area contributed by atoms with Crippen LogP contribution in [0.2, 0.25) is 0 Å². The van der Waals surface area contributed by atoms with Crippen molar-refractivity contribution in [3.05, 3.63) is 17.7 Å². The van der Waals surface area contributed by atoms with Gasteiger partial charge in [0.05, 0.1) is 21.3 Å². The molecular formula is C14H23ClN2O4. The van der Waals surface area contributed by atoms with Gasteiger partial charge in [-0.3, -0.25) is 4.79 Å². The fourth-order valence-corrected chi connectivity index (χ4v) is 1.71. The van der Waals surface area contributed by atoms with Crippen LogP contribution in [-0.4, -0.2) is 59.3 Å². The molecule has 1 rings (SSSR count). The first-order valence-corrected chi connectivity index (χ1v) is 6.26. The summed E-state index contributed by atoms with van der Waals surface area (Å²) in [5.74, 6) is 1.22. The van der Waals surface area contributed by atoms with Crippen LogP contribution in [0, 0.1) is 0 Å². The molecule has 0 aliphatic rings. The van der Waals surface area contributed by atoms with Crippen LogP contribution in [0.4, 0.5) is 0 Å². The highest BCUT2D eigenvalue weighted by Gasteiger charge is 2.16. The first-order valence-electron chi connectivity index (χ1n) is 6.26. The number of amides is 1. The Morgan fingerprint density at radius 1 is 1.10 bits per heavy atom. The molecule has 0 aliphatic heterocycles. The number of nitrogens with zero attached hydrogens (tertiary/aromatic N) is 1. The van der Waals surface area contributed by atoms with Crippen LogP contribution in [-0.2, 0) is 0 Å². The van der Waals surface area contributed by atoms with Crippen molar-refractivity contribution in [2.75, 3.05) is 48.5 Å². The minimum absolute atomic E-state index is 0. The molecule has 1 amide bonds. The van der Waals surface area contributed by atoms with Gasteiger partial charge >= 0.3 is 0 Å². The van der Waals surface area contributed by atoms with Gasteiger partial charge in [-0.1, -0.05) is 0 Å². The van der Waals surface area contributed by atoms with Crippen molar-refractivity contribution < 1.29 is 19.0 Å². The lowest BCUT2D eigenvalue weighted by Crippen LogP contribution is -2.31. The van der Waals surface area contributed by atoms with Gasteiger partial charge in [0.25, 0.3) is 5.91 Å². The second-order valence-corrected chi connectivity index (χ2v) is 4.47. The molecule has 0 aromatic heterocycles. The number of rotatable bonds is 7. The van der Waals surface area contributed by atoms with E-state index in [-0.39, 0.29) is 18.3 Å². The standard InChI is InChI=1S/C14H22N2O4.ClH/c1-16(2)7-6-15-14(17)10-8-11(18-3)13(20-5)12(9-10)19-4;/h8-9H,6-7H2,1-5H3,(H,15,17);1H. The number of benzene rings is 1. The van der Waals surface area contributed by atoms with Gasteiger partial charge in [-0.25, -0.2) is 0 Å². The molecule has 7 heteroatoms. The molecule has 0 saturated carbocycles. The van der Waals surface area contributed by atoms with Crippen LogP contribution in [0.25, 0.3) is 0 Å². The average Bonchev–Trinajstić information content (AvgIpc) is 2.44. The molecule has 1 N–H and O–H groups in total. The zero-order valence-electron chi connectivity index (χ0n) is 13.1. The summed E-state index contributed by atoms with van der Waals surface area (Å²) < 4.78 is 15.7. The summed E-state index contributed by atoms with van der Waals surface area (Å²) in [6.45, 7) is 1.35. The minimum atomic E-state index is -0.175. The Morgan fingerprint density at radius 2 is 1.62 bits per heavy atom. The van der Waals surface area contributed by atoms with E-state index in [2.05, 4.69) is 5.32 Å². The Labute approximate surface area is 131 Å². The normalized spacial score (nSPS) is 9.81. The van der Waals surface area contributed by atoms with Gasteiger partial charge in [0.2, 0.25) is 5.75 Å². The quantitative estimate of drug-likeness (QED) is 0.824. The SMILES string of the molecule is COc1cc(C(=O)NCCN(C)C)cc(OC)c1OC.Cl. The first kappa shape index (κ1) is 19.3. The number of nitrogens with one attached hydrogen (secondary N) is 1. The van der Waals surface area contributed by atoms with Crippen LogP contribution in [0.5, 0.6) is 17.2 Å². The molecule has 120 valence electrons. The predicted molar refractivity (Wildman–Crippen MR) is 84.2 cm³/mol. The van der Waals surface area contributed by atoms with Gasteiger partial charge in [-0.2, -0.15) is 0 Å². The molecule has 0 aliphatic carbocycles. The van der Waals surface area contributed by atoms with Crippen molar-refractivity contribution >= 4 is 18.3 Å². The lowest BCUT2D eigenvalue weighted by molar-refractivity contribution is 0.0950. The van der Waals surface area contributed by atoms with E-state index in [1.165, 1.54) is 21.3 Å². The van der Waals surface area contributed by atoms with Crippen molar-refractivity contribution in [3.63, 3.8) is 0 Å². The van der Waals surface area contributed by atoms with Crippen LogP contribution >= 0.6 is 12.4 Å². The van der Waals surface area contributed by atoms with Crippen LogP contribution in [0.1, 0.15) is 10.4 Å². The van der Waals surface area contributed by atoms with Crippen LogP contribution in [0.15, 0.2) is 12.1 Å². The smallest absolute Gasteiger partial charge is 0.251 e. The Kier molecular flexibility index (Phi) is 8.57. The number of methoxy groups -OCH3 is 3. The number of halogens is 1. The summed E-state index contributed by atoms with van der Waals surface area (Å²) >= 11 is 0. The maximum atomic E-state index is 12.1. The van der Waals surface area contributed by atoms with E-state index in [0.29, 0.717) is 29.4 Å². The second-order valence-electron chi connectivity index (χ2n) is 4.47. The zero-order chi connectivity index (χ0) is 15.1. The topological polar surface area (TPSA) is 60.0 Å². The van der Waals surface area contributed by atoms with E-state index in [0.717, 1.165) is 6.54 Å². The van der Waals surface area contributed by atoms with Crippen LogP contribution < -0.4 is 19.5 Å². The maximum Gasteiger partial charge on any atom is 0.251 e. The number of ether oxygens (including phenoxy) is 3. The van der Waals surface area contributed by atoms with E-state index in [9.17, 15) is 4.79 Å². The third-order valence-electron chi connectivity index (χ3n) is 2.77. The van der Waals surface area contributed by atoms with E-state index in [4.69, 9.17) is 14.2 Å². The second kappa shape index (κ2) is 9.31. The highest BCUT2D eigenvalue weighted by molar-refractivity contribution is 5.95. The minimum Gasteiger partial charge on any atom is -0.493 e. The Morgan fingerprint density at radius 3 is 2.00 bits per heavy atom. The Hall–Kier alpha value is -1.66. The molecule has 0 heterocycles. The van der Waals surface area contributed by atoms with E-state index in [1.54, 1.807) is 12.1 Å². The number of hydrogen-bond acceptors (Lipinski definition) is 5. The number of carbonyl (C=O) groups excluding carboxylic acids is 1. The van der Waals surface area contributed by atoms with Gasteiger partial charge in [0.1, 0.15) is 0 Å². The van der Waals surface area contributed by atoms with Gasteiger partial charge < -0.3 is 24.4 Å². The molecular weight excluding hydrogens is 296 g/mol. The predicted octanol–water partition coefficient (Wildman–Crippen LogP) is 1.43. The van der Waals surface area contributed by atoms with Gasteiger partial charge in [0.15, 0.2) is 11.5 Å². The molecule has 0 saturated heterocycles. The molecule has 0 unspecified atom stereocenters.